The van der Waals surface area contributed by atoms with E-state index in [4.69, 9.17) is 0 Å². The predicted octanol–water partition coefficient (Wildman–Crippen LogP) is -1.22. The summed E-state index contributed by atoms with van der Waals surface area (Å²) in [5.41, 5.74) is 6.07. The van der Waals surface area contributed by atoms with Crippen LogP contribution in [0.5, 0.6) is 0 Å². The van der Waals surface area contributed by atoms with E-state index in [1.165, 1.54) is 16.7 Å². The Hall–Kier alpha value is 0.293. The topological polar surface area (TPSA) is 0 Å². The summed E-state index contributed by atoms with van der Waals surface area (Å²) in [7, 11) is 0. The van der Waals surface area contributed by atoms with Crippen molar-refractivity contribution in [1.82, 2.24) is 0 Å². The molecular weight excluding hydrogens is 366 g/mol. The SMILES string of the molecule is [CH2]=[Zr+2]([C]1=C(C)C(C)=CC1C)[C]1=C(C)C=C(C)C1C.[Cl-].[Cl-]. The van der Waals surface area contributed by atoms with Gasteiger partial charge in [-0.15, -0.1) is 0 Å². The van der Waals surface area contributed by atoms with E-state index in [2.05, 4.69) is 57.9 Å². The minimum Gasteiger partial charge on any atom is -1.00 e. The van der Waals surface area contributed by atoms with Crippen LogP contribution < -0.4 is 24.8 Å². The van der Waals surface area contributed by atoms with Crippen molar-refractivity contribution in [2.45, 2.75) is 41.5 Å². The van der Waals surface area contributed by atoms with Crippen molar-refractivity contribution in [1.29, 1.82) is 0 Å². The smallest absolute Gasteiger partial charge is 1.00 e. The molecule has 0 spiro atoms. The monoisotopic (exact) mass is 388 g/mol. The molecule has 0 bridgehead atoms. The maximum atomic E-state index is 4.69. The molecule has 0 amide bonds. The van der Waals surface area contributed by atoms with Gasteiger partial charge in [0.2, 0.25) is 0 Å². The average Bonchev–Trinajstić information content (AvgIpc) is 2.66. The van der Waals surface area contributed by atoms with E-state index in [9.17, 15) is 0 Å². The molecule has 0 aliphatic heterocycles. The summed E-state index contributed by atoms with van der Waals surface area (Å²) in [6, 6.07) is 0. The van der Waals surface area contributed by atoms with E-state index >= 15 is 0 Å². The molecule has 2 unspecified atom stereocenters. The third kappa shape index (κ3) is 3.37. The van der Waals surface area contributed by atoms with Crippen LogP contribution in [0, 0.1) is 11.8 Å². The van der Waals surface area contributed by atoms with Crippen LogP contribution in [0.25, 0.3) is 0 Å². The van der Waals surface area contributed by atoms with Crippen LogP contribution in [0.2, 0.25) is 0 Å². The van der Waals surface area contributed by atoms with Crippen molar-refractivity contribution in [2.75, 3.05) is 0 Å². The Morgan fingerprint density at radius 2 is 1.55 bits per heavy atom. The van der Waals surface area contributed by atoms with E-state index in [-0.39, 0.29) is 24.8 Å². The second kappa shape index (κ2) is 7.52. The summed E-state index contributed by atoms with van der Waals surface area (Å²) in [4.78, 5) is 0. The Morgan fingerprint density at radius 3 is 1.90 bits per heavy atom. The zero-order valence-electron chi connectivity index (χ0n) is 13.3. The molecule has 2 rings (SSSR count). The first-order chi connectivity index (χ1) is 8.34. The van der Waals surface area contributed by atoms with Gasteiger partial charge in [0.25, 0.3) is 0 Å². The second-order valence-electron chi connectivity index (χ2n) is 5.86. The fourth-order valence-electron chi connectivity index (χ4n) is 3.40. The van der Waals surface area contributed by atoms with Crippen molar-refractivity contribution in [2.24, 2.45) is 11.8 Å². The summed E-state index contributed by atoms with van der Waals surface area (Å²) < 4.78 is 8.13. The maximum absolute atomic E-state index is 4.69. The molecule has 0 aromatic heterocycles. The molecule has 0 saturated heterocycles. The second-order valence-corrected chi connectivity index (χ2v) is 10.9. The molecule has 0 N–H and O–H groups in total. The van der Waals surface area contributed by atoms with Gasteiger partial charge in [0.05, 0.1) is 0 Å². The summed E-state index contributed by atoms with van der Waals surface area (Å²) in [5.74, 6) is 1.27. The Labute approximate surface area is 144 Å². The normalized spacial score (nSPS) is 24.6. The molecule has 0 aromatic rings. The molecule has 110 valence electrons. The van der Waals surface area contributed by atoms with Gasteiger partial charge in [0, 0.05) is 0 Å². The molecule has 0 fully saturated rings. The number of hydrogen-bond donors (Lipinski definition) is 0. The van der Waals surface area contributed by atoms with Crippen molar-refractivity contribution in [3.05, 3.63) is 41.0 Å². The Kier molecular flexibility index (Phi) is 7.63. The van der Waals surface area contributed by atoms with Gasteiger partial charge >= 0.3 is 120 Å². The molecule has 0 heterocycles. The summed E-state index contributed by atoms with van der Waals surface area (Å²) >= 11 is -1.85. The molecule has 20 heavy (non-hydrogen) atoms. The molecule has 2 aliphatic rings. The number of allylic oxidation sites excluding steroid dienone is 8. The van der Waals surface area contributed by atoms with E-state index in [1.54, 1.807) is 12.1 Å². The van der Waals surface area contributed by atoms with Crippen LogP contribution >= 0.6 is 0 Å². The van der Waals surface area contributed by atoms with Gasteiger partial charge < -0.3 is 24.8 Å². The Bertz CT molecular complexity index is 547. The van der Waals surface area contributed by atoms with Crippen LogP contribution in [0.4, 0.5) is 0 Å². The van der Waals surface area contributed by atoms with Crippen LogP contribution in [-0.4, -0.2) is 4.21 Å². The standard InChI is InChI=1S/2C8H11.CH2.2ClH.Zr/c2*1-6-4-7(2)8(3)5-6;;;;/h4,8H,1-3H3;4,6H,1-3H3;1H2;2*1H;/q;;;;;+2/p-2. The maximum Gasteiger partial charge on any atom is -1.00 e. The van der Waals surface area contributed by atoms with E-state index in [0.717, 1.165) is 0 Å². The molecule has 0 aromatic carbocycles. The van der Waals surface area contributed by atoms with E-state index in [1.807, 2.05) is 0 Å². The first-order valence-corrected chi connectivity index (χ1v) is 11.0. The van der Waals surface area contributed by atoms with Gasteiger partial charge in [-0.2, -0.15) is 0 Å². The zero-order valence-corrected chi connectivity index (χ0v) is 17.2. The Morgan fingerprint density at radius 1 is 1.00 bits per heavy atom. The first-order valence-electron chi connectivity index (χ1n) is 6.82. The van der Waals surface area contributed by atoms with Crippen molar-refractivity contribution < 1.29 is 46.1 Å². The van der Waals surface area contributed by atoms with Crippen LogP contribution in [-0.2, 0) is 21.3 Å². The van der Waals surface area contributed by atoms with E-state index < -0.39 is 21.3 Å². The number of hydrogen-bond acceptors (Lipinski definition) is 0. The fraction of sp³-hybridized carbons (Fsp3) is 0.471. The minimum atomic E-state index is -1.85. The summed E-state index contributed by atoms with van der Waals surface area (Å²) in [5, 5.41) is 0. The van der Waals surface area contributed by atoms with Crippen molar-refractivity contribution in [3.8, 4) is 0 Å². The van der Waals surface area contributed by atoms with Gasteiger partial charge in [-0.1, -0.05) is 0 Å². The number of rotatable bonds is 2. The molecular formula is C17H24Cl2Zr. The molecule has 0 radical (unpaired) electrons. The van der Waals surface area contributed by atoms with Crippen molar-refractivity contribution >= 4 is 4.21 Å². The van der Waals surface area contributed by atoms with E-state index in [0.29, 0.717) is 11.8 Å². The number of halogens is 2. The van der Waals surface area contributed by atoms with Crippen molar-refractivity contribution in [3.63, 3.8) is 0 Å². The first kappa shape index (κ1) is 20.3. The van der Waals surface area contributed by atoms with Gasteiger partial charge in [0.1, 0.15) is 0 Å². The molecule has 0 saturated carbocycles. The largest absolute Gasteiger partial charge is 1.00 e. The fourth-order valence-corrected chi connectivity index (χ4v) is 10.5. The predicted molar refractivity (Wildman–Crippen MR) is 78.4 cm³/mol. The van der Waals surface area contributed by atoms with Gasteiger partial charge in [-0.05, 0) is 0 Å². The summed E-state index contributed by atoms with van der Waals surface area (Å²) in [6.07, 6.45) is 4.80. The third-order valence-corrected chi connectivity index (χ3v) is 11.9. The van der Waals surface area contributed by atoms with Gasteiger partial charge in [0.15, 0.2) is 0 Å². The quantitative estimate of drug-likeness (QED) is 0.555. The van der Waals surface area contributed by atoms with Crippen LogP contribution in [0.3, 0.4) is 0 Å². The molecule has 2 atom stereocenters. The van der Waals surface area contributed by atoms with Crippen LogP contribution in [0.1, 0.15) is 41.5 Å². The van der Waals surface area contributed by atoms with Gasteiger partial charge in [-0.3, -0.25) is 0 Å². The average molecular weight is 391 g/mol. The molecule has 0 nitrogen and oxygen atoms in total. The Balaban J connectivity index is 0.00000180. The van der Waals surface area contributed by atoms with Crippen LogP contribution in [0.15, 0.2) is 41.0 Å². The van der Waals surface area contributed by atoms with Gasteiger partial charge in [-0.25, -0.2) is 0 Å². The zero-order chi connectivity index (χ0) is 13.6. The molecule has 3 heteroatoms. The molecule has 2 aliphatic carbocycles. The minimum absolute atomic E-state index is 0. The summed E-state index contributed by atoms with van der Waals surface area (Å²) in [6.45, 7) is 13.8. The third-order valence-electron chi connectivity index (χ3n) is 4.59.